The quantitative estimate of drug-likeness (QED) is 0.303. The SMILES string of the molecule is O=c1c(Br)c2sc3cc(Cl)ccc3nc-2c(Br)c1Br. The molecule has 1 aromatic carbocycles. The first-order chi connectivity index (χ1) is 8.99. The molecule has 19 heavy (non-hydrogen) atoms. The lowest BCUT2D eigenvalue weighted by molar-refractivity contribution is 1.35. The van der Waals surface area contributed by atoms with Gasteiger partial charge >= 0.3 is 0 Å². The highest BCUT2D eigenvalue weighted by Crippen LogP contribution is 2.41. The van der Waals surface area contributed by atoms with Gasteiger partial charge in [-0.1, -0.05) is 11.6 Å². The van der Waals surface area contributed by atoms with Crippen molar-refractivity contribution in [2.45, 2.75) is 0 Å². The van der Waals surface area contributed by atoms with E-state index in [0.717, 1.165) is 20.8 Å². The number of aromatic nitrogens is 1. The molecule has 7 heteroatoms. The number of halogens is 4. The molecule has 0 saturated heterocycles. The van der Waals surface area contributed by atoms with Crippen molar-refractivity contribution in [1.29, 1.82) is 0 Å². The molecule has 2 aliphatic rings. The molecule has 0 fully saturated rings. The van der Waals surface area contributed by atoms with Crippen molar-refractivity contribution in [1.82, 2.24) is 4.98 Å². The number of rotatable bonds is 0. The number of nitrogens with zero attached hydrogens (tertiary/aromatic N) is 1. The molecule has 1 aliphatic carbocycles. The minimum absolute atomic E-state index is 0.0983. The topological polar surface area (TPSA) is 30.0 Å². The molecule has 1 heterocycles. The first-order valence-corrected chi connectivity index (χ1v) is 8.63. The fraction of sp³-hybridized carbons (Fsp3) is 0. The van der Waals surface area contributed by atoms with Crippen molar-refractivity contribution in [2.24, 2.45) is 0 Å². The molecule has 0 unspecified atom stereocenters. The van der Waals surface area contributed by atoms with E-state index >= 15 is 0 Å². The Labute approximate surface area is 142 Å². The Bertz CT molecular complexity index is 849. The second-order valence-electron chi connectivity index (χ2n) is 3.77. The Morgan fingerprint density at radius 2 is 1.84 bits per heavy atom. The van der Waals surface area contributed by atoms with Crippen molar-refractivity contribution in [3.05, 3.63) is 46.9 Å². The van der Waals surface area contributed by atoms with E-state index in [0.29, 0.717) is 18.4 Å². The third kappa shape index (κ3) is 2.27. The number of hydrogen-bond acceptors (Lipinski definition) is 3. The molecule has 0 aromatic heterocycles. The van der Waals surface area contributed by atoms with Gasteiger partial charge in [0.1, 0.15) is 0 Å². The van der Waals surface area contributed by atoms with Gasteiger partial charge < -0.3 is 0 Å². The van der Waals surface area contributed by atoms with Crippen molar-refractivity contribution >= 4 is 80.9 Å². The van der Waals surface area contributed by atoms with Crippen LogP contribution in [0.2, 0.25) is 5.02 Å². The van der Waals surface area contributed by atoms with Crippen LogP contribution >= 0.6 is 70.7 Å². The average molecular weight is 484 g/mol. The monoisotopic (exact) mass is 481 g/mol. The van der Waals surface area contributed by atoms with Crippen LogP contribution < -0.4 is 5.43 Å². The van der Waals surface area contributed by atoms with Crippen LogP contribution in [-0.4, -0.2) is 4.98 Å². The molecule has 0 spiro atoms. The maximum atomic E-state index is 12.0. The molecular weight excluding hydrogens is 481 g/mol. The zero-order chi connectivity index (χ0) is 13.7. The molecule has 3 rings (SSSR count). The van der Waals surface area contributed by atoms with Gasteiger partial charge in [0.05, 0.1) is 34.2 Å². The highest BCUT2D eigenvalue weighted by molar-refractivity contribution is 9.13. The summed E-state index contributed by atoms with van der Waals surface area (Å²) in [5, 5.41) is 0.652. The van der Waals surface area contributed by atoms with Gasteiger partial charge in [-0.15, -0.1) is 11.3 Å². The van der Waals surface area contributed by atoms with Gasteiger partial charge in [0.25, 0.3) is 0 Å². The lowest BCUT2D eigenvalue weighted by atomic mass is 10.2. The highest BCUT2D eigenvalue weighted by Gasteiger charge is 2.21. The van der Waals surface area contributed by atoms with Crippen LogP contribution in [0.4, 0.5) is 0 Å². The molecule has 0 saturated carbocycles. The van der Waals surface area contributed by atoms with Crippen LogP contribution in [0.5, 0.6) is 0 Å². The standard InChI is InChI=1S/C12H3Br3ClNOS/c13-7-8(14)11(18)9(15)12-10(7)17-5-2-1-4(16)3-6(5)19-12/h1-3H. The maximum absolute atomic E-state index is 12.0. The Balaban J connectivity index is 2.55. The van der Waals surface area contributed by atoms with Crippen LogP contribution in [0.3, 0.4) is 0 Å². The summed E-state index contributed by atoms with van der Waals surface area (Å²) in [5.41, 5.74) is 1.50. The second kappa shape index (κ2) is 5.07. The summed E-state index contributed by atoms with van der Waals surface area (Å²) < 4.78 is 2.59. The van der Waals surface area contributed by atoms with Crippen molar-refractivity contribution < 1.29 is 0 Å². The second-order valence-corrected chi connectivity index (χ2v) is 7.64. The third-order valence-electron chi connectivity index (χ3n) is 2.58. The predicted octanol–water partition coefficient (Wildman–Crippen LogP) is 5.70. The van der Waals surface area contributed by atoms with Gasteiger partial charge in [0, 0.05) is 5.02 Å². The molecule has 0 bridgehead atoms. The van der Waals surface area contributed by atoms with Crippen molar-refractivity contribution in [2.75, 3.05) is 0 Å². The molecule has 96 valence electrons. The Hall–Kier alpha value is -0.0100. The Kier molecular flexibility index (Phi) is 3.73. The van der Waals surface area contributed by atoms with Crippen molar-refractivity contribution in [3.8, 4) is 10.6 Å². The minimum Gasteiger partial charge on any atom is -0.287 e. The molecule has 0 radical (unpaired) electrons. The first-order valence-electron chi connectivity index (χ1n) is 5.05. The van der Waals surface area contributed by atoms with Crippen LogP contribution in [0.15, 0.2) is 36.4 Å². The average Bonchev–Trinajstić information content (AvgIpc) is 2.41. The third-order valence-corrected chi connectivity index (χ3v) is 7.04. The van der Waals surface area contributed by atoms with Gasteiger partial charge in [-0.25, -0.2) is 4.98 Å². The number of hydrogen-bond donors (Lipinski definition) is 0. The summed E-state index contributed by atoms with van der Waals surface area (Å²) >= 11 is 17.5. The van der Waals surface area contributed by atoms with Gasteiger partial charge in [0.15, 0.2) is 0 Å². The zero-order valence-electron chi connectivity index (χ0n) is 9.01. The summed E-state index contributed by atoms with van der Waals surface area (Å²) in [5.74, 6) is 0. The largest absolute Gasteiger partial charge is 0.287 e. The molecule has 1 aliphatic heterocycles. The highest BCUT2D eigenvalue weighted by atomic mass is 79.9. The molecular formula is C12H3Br3ClNOS. The minimum atomic E-state index is -0.0983. The Morgan fingerprint density at radius 1 is 1.11 bits per heavy atom. The van der Waals surface area contributed by atoms with E-state index in [9.17, 15) is 4.79 Å². The Morgan fingerprint density at radius 3 is 2.58 bits per heavy atom. The lowest BCUT2D eigenvalue weighted by Crippen LogP contribution is -2.07. The van der Waals surface area contributed by atoms with Crippen LogP contribution in [-0.2, 0) is 0 Å². The zero-order valence-corrected chi connectivity index (χ0v) is 15.3. The van der Waals surface area contributed by atoms with E-state index in [4.69, 9.17) is 11.6 Å². The smallest absolute Gasteiger partial charge is 0.209 e. The summed E-state index contributed by atoms with van der Waals surface area (Å²) in [7, 11) is 0. The van der Waals surface area contributed by atoms with E-state index in [1.807, 2.05) is 12.1 Å². The van der Waals surface area contributed by atoms with Gasteiger partial charge in [-0.05, 0) is 66.0 Å². The van der Waals surface area contributed by atoms with Crippen LogP contribution in [0, 0.1) is 0 Å². The summed E-state index contributed by atoms with van der Waals surface area (Å²) in [6, 6.07) is 5.52. The van der Waals surface area contributed by atoms with Gasteiger partial charge in [-0.3, -0.25) is 4.79 Å². The van der Waals surface area contributed by atoms with E-state index < -0.39 is 0 Å². The van der Waals surface area contributed by atoms with E-state index in [1.165, 1.54) is 11.3 Å². The molecule has 0 N–H and O–H groups in total. The molecule has 1 aromatic rings. The van der Waals surface area contributed by atoms with Gasteiger partial charge in [-0.2, -0.15) is 0 Å². The summed E-state index contributed by atoms with van der Waals surface area (Å²) in [6.45, 7) is 0. The van der Waals surface area contributed by atoms with Crippen LogP contribution in [0.1, 0.15) is 0 Å². The normalized spacial score (nSPS) is 11.4. The summed E-state index contributed by atoms with van der Waals surface area (Å²) in [4.78, 5) is 17.4. The molecule has 2 nitrogen and oxygen atoms in total. The van der Waals surface area contributed by atoms with E-state index in [-0.39, 0.29) is 5.43 Å². The fourth-order valence-electron chi connectivity index (χ4n) is 1.69. The summed E-state index contributed by atoms with van der Waals surface area (Å²) in [6.07, 6.45) is 0. The van der Waals surface area contributed by atoms with Crippen molar-refractivity contribution in [3.63, 3.8) is 0 Å². The number of fused-ring (bicyclic) bond motifs is 2. The van der Waals surface area contributed by atoms with Crippen LogP contribution in [0.25, 0.3) is 20.8 Å². The van der Waals surface area contributed by atoms with E-state index in [1.54, 1.807) is 6.07 Å². The lowest BCUT2D eigenvalue weighted by Gasteiger charge is -2.11. The molecule has 0 amide bonds. The fourth-order valence-corrected chi connectivity index (χ4v) is 4.86. The first kappa shape index (κ1) is 13.9. The molecule has 0 atom stereocenters. The predicted molar refractivity (Wildman–Crippen MR) is 90.6 cm³/mol. The maximum Gasteiger partial charge on any atom is 0.209 e. The van der Waals surface area contributed by atoms with Gasteiger partial charge in [0.2, 0.25) is 5.43 Å². The van der Waals surface area contributed by atoms with E-state index in [2.05, 4.69) is 52.8 Å². The number of benzene rings is 2.